The Morgan fingerprint density at radius 3 is 2.46 bits per heavy atom. The van der Waals surface area contributed by atoms with Crippen LogP contribution in [0, 0.1) is 11.8 Å². The maximum absolute atomic E-state index is 6.06. The predicted molar refractivity (Wildman–Crippen MR) is 53.5 cm³/mol. The van der Waals surface area contributed by atoms with E-state index in [1.165, 1.54) is 38.5 Å². The van der Waals surface area contributed by atoms with Crippen LogP contribution in [0.4, 0.5) is 0 Å². The van der Waals surface area contributed by atoms with Crippen LogP contribution in [-0.4, -0.2) is 19.3 Å². The Morgan fingerprint density at radius 2 is 1.85 bits per heavy atom. The maximum Gasteiger partial charge on any atom is 0.0620 e. The molecular weight excluding hydrogens is 162 g/mol. The van der Waals surface area contributed by atoms with E-state index in [0.717, 1.165) is 25.0 Å². The monoisotopic (exact) mass is 183 g/mol. The van der Waals surface area contributed by atoms with Gasteiger partial charge < -0.3 is 10.5 Å². The van der Waals surface area contributed by atoms with Crippen molar-refractivity contribution in [1.82, 2.24) is 0 Å². The van der Waals surface area contributed by atoms with Crippen LogP contribution in [0.5, 0.6) is 0 Å². The van der Waals surface area contributed by atoms with Crippen LogP contribution in [0.3, 0.4) is 0 Å². The van der Waals surface area contributed by atoms with Gasteiger partial charge in [0, 0.05) is 12.6 Å². The minimum absolute atomic E-state index is 0.307. The molecule has 2 heteroatoms. The lowest BCUT2D eigenvalue weighted by Gasteiger charge is -2.18. The fraction of sp³-hybridized carbons (Fsp3) is 1.00. The molecule has 2 N–H and O–H groups in total. The van der Waals surface area contributed by atoms with Gasteiger partial charge in [0.1, 0.15) is 0 Å². The molecule has 0 aliphatic heterocycles. The summed E-state index contributed by atoms with van der Waals surface area (Å²) in [6.45, 7) is 1.75. The summed E-state index contributed by atoms with van der Waals surface area (Å²) in [5, 5.41) is 0. The van der Waals surface area contributed by atoms with Crippen molar-refractivity contribution in [3.8, 4) is 0 Å². The number of hydrogen-bond donors (Lipinski definition) is 1. The van der Waals surface area contributed by atoms with Crippen molar-refractivity contribution in [2.24, 2.45) is 17.6 Å². The molecule has 0 amide bonds. The van der Waals surface area contributed by atoms with Crippen molar-refractivity contribution in [3.05, 3.63) is 0 Å². The highest BCUT2D eigenvalue weighted by molar-refractivity contribution is 4.78. The van der Waals surface area contributed by atoms with Crippen LogP contribution in [0.1, 0.15) is 38.5 Å². The molecule has 2 rings (SSSR count). The van der Waals surface area contributed by atoms with Gasteiger partial charge in [-0.05, 0) is 37.5 Å². The molecule has 76 valence electrons. The van der Waals surface area contributed by atoms with Gasteiger partial charge in [0.05, 0.1) is 6.61 Å². The molecule has 2 aliphatic rings. The molecule has 2 aliphatic carbocycles. The summed E-state index contributed by atoms with van der Waals surface area (Å²) in [5.74, 6) is 1.62. The Labute approximate surface area is 80.8 Å². The van der Waals surface area contributed by atoms with E-state index >= 15 is 0 Å². The summed E-state index contributed by atoms with van der Waals surface area (Å²) in [4.78, 5) is 0. The van der Waals surface area contributed by atoms with E-state index < -0.39 is 0 Å². The third kappa shape index (κ3) is 2.96. The molecular formula is C11H21NO. The fourth-order valence-corrected chi connectivity index (χ4v) is 2.18. The molecule has 13 heavy (non-hydrogen) atoms. The number of hydrogen-bond acceptors (Lipinski definition) is 2. The van der Waals surface area contributed by atoms with Crippen LogP contribution < -0.4 is 5.73 Å². The van der Waals surface area contributed by atoms with Gasteiger partial charge >= 0.3 is 0 Å². The Balaban J connectivity index is 1.56. The summed E-state index contributed by atoms with van der Waals surface area (Å²) < 4.78 is 5.61. The van der Waals surface area contributed by atoms with Gasteiger partial charge in [-0.15, -0.1) is 0 Å². The Kier molecular flexibility index (Phi) is 3.23. The number of nitrogens with two attached hydrogens (primary N) is 1. The fourth-order valence-electron chi connectivity index (χ4n) is 2.18. The average molecular weight is 183 g/mol. The van der Waals surface area contributed by atoms with E-state index in [1.807, 2.05) is 0 Å². The lowest BCUT2D eigenvalue weighted by Crippen LogP contribution is -2.33. The van der Waals surface area contributed by atoms with Gasteiger partial charge in [-0.25, -0.2) is 0 Å². The van der Waals surface area contributed by atoms with Crippen LogP contribution in [0.15, 0.2) is 0 Å². The molecule has 2 saturated carbocycles. The van der Waals surface area contributed by atoms with Gasteiger partial charge in [0.15, 0.2) is 0 Å². The van der Waals surface area contributed by atoms with Crippen LogP contribution in [0.2, 0.25) is 0 Å². The predicted octanol–water partition coefficient (Wildman–Crippen LogP) is 1.93. The van der Waals surface area contributed by atoms with Crippen molar-refractivity contribution >= 4 is 0 Å². The normalized spacial score (nSPS) is 26.5. The topological polar surface area (TPSA) is 35.2 Å². The zero-order valence-corrected chi connectivity index (χ0v) is 8.37. The van der Waals surface area contributed by atoms with Crippen molar-refractivity contribution in [3.63, 3.8) is 0 Å². The van der Waals surface area contributed by atoms with Crippen LogP contribution in [-0.2, 0) is 4.74 Å². The zero-order chi connectivity index (χ0) is 9.10. The minimum Gasteiger partial charge on any atom is -0.380 e. The minimum atomic E-state index is 0.307. The van der Waals surface area contributed by atoms with Gasteiger partial charge in [0.25, 0.3) is 0 Å². The largest absolute Gasteiger partial charge is 0.380 e. The zero-order valence-electron chi connectivity index (χ0n) is 8.37. The highest BCUT2D eigenvalue weighted by Crippen LogP contribution is 2.30. The average Bonchev–Trinajstić information content (AvgIpc) is 2.80. The second kappa shape index (κ2) is 4.43. The Hall–Kier alpha value is -0.0800. The van der Waals surface area contributed by atoms with Gasteiger partial charge in [0.2, 0.25) is 0 Å². The molecule has 1 atom stereocenters. The van der Waals surface area contributed by atoms with Crippen LogP contribution in [0.25, 0.3) is 0 Å². The molecule has 0 spiro atoms. The quantitative estimate of drug-likeness (QED) is 0.707. The molecule has 0 bridgehead atoms. The standard InChI is InChI=1S/C11H21NO/c12-11(10-3-1-2-4-10)8-13-7-9-5-6-9/h9-11H,1-8,12H2. The van der Waals surface area contributed by atoms with Gasteiger partial charge in [-0.2, -0.15) is 0 Å². The smallest absolute Gasteiger partial charge is 0.0620 e. The second-order valence-electron chi connectivity index (χ2n) is 4.69. The lowest BCUT2D eigenvalue weighted by molar-refractivity contribution is 0.0977. The lowest BCUT2D eigenvalue weighted by atomic mass is 10.00. The van der Waals surface area contributed by atoms with E-state index in [0.29, 0.717) is 6.04 Å². The summed E-state index contributed by atoms with van der Waals surface area (Å²) in [6.07, 6.45) is 8.15. The third-order valence-electron chi connectivity index (χ3n) is 3.37. The molecule has 2 fully saturated rings. The van der Waals surface area contributed by atoms with Crippen LogP contribution >= 0.6 is 0 Å². The summed E-state index contributed by atoms with van der Waals surface area (Å²) in [7, 11) is 0. The summed E-state index contributed by atoms with van der Waals surface area (Å²) in [5.41, 5.74) is 6.06. The van der Waals surface area contributed by atoms with E-state index in [2.05, 4.69) is 0 Å². The highest BCUT2D eigenvalue weighted by atomic mass is 16.5. The first-order chi connectivity index (χ1) is 6.36. The number of rotatable bonds is 5. The number of ether oxygens (including phenoxy) is 1. The van der Waals surface area contributed by atoms with Crippen molar-refractivity contribution in [2.75, 3.05) is 13.2 Å². The molecule has 0 aromatic rings. The van der Waals surface area contributed by atoms with E-state index in [1.54, 1.807) is 0 Å². The van der Waals surface area contributed by atoms with Crippen molar-refractivity contribution < 1.29 is 4.74 Å². The summed E-state index contributed by atoms with van der Waals surface area (Å²) >= 11 is 0. The molecule has 0 aromatic carbocycles. The molecule has 0 heterocycles. The SMILES string of the molecule is NC(COCC1CC1)C1CCCC1. The first kappa shape index (κ1) is 9.47. The van der Waals surface area contributed by atoms with Gasteiger partial charge in [-0.1, -0.05) is 12.8 Å². The first-order valence-electron chi connectivity index (χ1n) is 5.69. The summed E-state index contributed by atoms with van der Waals surface area (Å²) in [6, 6.07) is 0.307. The third-order valence-corrected chi connectivity index (χ3v) is 3.37. The first-order valence-corrected chi connectivity index (χ1v) is 5.69. The van der Waals surface area contributed by atoms with E-state index in [9.17, 15) is 0 Å². The Morgan fingerprint density at radius 1 is 1.15 bits per heavy atom. The molecule has 0 aromatic heterocycles. The molecule has 0 radical (unpaired) electrons. The van der Waals surface area contributed by atoms with Crippen molar-refractivity contribution in [1.29, 1.82) is 0 Å². The molecule has 0 saturated heterocycles. The maximum atomic E-state index is 6.06. The van der Waals surface area contributed by atoms with Gasteiger partial charge in [-0.3, -0.25) is 0 Å². The van der Waals surface area contributed by atoms with E-state index in [4.69, 9.17) is 10.5 Å². The second-order valence-corrected chi connectivity index (χ2v) is 4.69. The molecule has 1 unspecified atom stereocenters. The van der Waals surface area contributed by atoms with Crippen molar-refractivity contribution in [2.45, 2.75) is 44.6 Å². The van der Waals surface area contributed by atoms with E-state index in [-0.39, 0.29) is 0 Å². The Bertz CT molecular complexity index is 150. The highest BCUT2D eigenvalue weighted by Gasteiger charge is 2.24. The molecule has 2 nitrogen and oxygen atoms in total.